The number of carbonyl (C=O) groups excluding carboxylic acids is 1. The van der Waals surface area contributed by atoms with Crippen LogP contribution in [0.5, 0.6) is 5.75 Å². The lowest BCUT2D eigenvalue weighted by molar-refractivity contribution is 0.205. The van der Waals surface area contributed by atoms with E-state index in [9.17, 15) is 4.79 Å². The molecule has 11 heteroatoms. The molecule has 3 heterocycles. The van der Waals surface area contributed by atoms with E-state index in [1.54, 1.807) is 35.8 Å². The van der Waals surface area contributed by atoms with Crippen molar-refractivity contribution >= 4 is 46.2 Å². The monoisotopic (exact) mass is 413 g/mol. The van der Waals surface area contributed by atoms with E-state index in [1.807, 2.05) is 13.0 Å². The maximum absolute atomic E-state index is 12.9. The molecule has 0 spiro atoms. The number of thiol groups is 1. The van der Waals surface area contributed by atoms with E-state index in [2.05, 4.69) is 43.2 Å². The summed E-state index contributed by atoms with van der Waals surface area (Å²) in [6.45, 7) is 1.88. The summed E-state index contributed by atoms with van der Waals surface area (Å²) in [6, 6.07) is 10.2. The zero-order valence-corrected chi connectivity index (χ0v) is 16.4. The number of nitrogens with zero attached hydrogens (tertiary/aromatic N) is 6. The summed E-state index contributed by atoms with van der Waals surface area (Å²) in [5.41, 5.74) is 3.27. The quantitative estimate of drug-likeness (QED) is 0.484. The molecule has 0 fully saturated rings. The molecule has 0 saturated carbocycles. The fourth-order valence-electron chi connectivity index (χ4n) is 2.56. The second-order valence-electron chi connectivity index (χ2n) is 5.88. The number of hydrogen-bond acceptors (Lipinski definition) is 9. The van der Waals surface area contributed by atoms with Gasteiger partial charge in [-0.05, 0) is 48.5 Å². The third-order valence-electron chi connectivity index (χ3n) is 3.99. The number of anilines is 1. The van der Waals surface area contributed by atoms with E-state index in [4.69, 9.17) is 4.74 Å². The number of aromatic nitrogens is 6. The molecular formula is C17H15N7O2S2. The molecule has 0 bridgehead atoms. The number of nitrogens with one attached hydrogen (secondary N) is 1. The Labute approximate surface area is 169 Å². The first-order chi connectivity index (χ1) is 13.7. The van der Waals surface area contributed by atoms with Gasteiger partial charge in [0.2, 0.25) is 5.82 Å². The van der Waals surface area contributed by atoms with Crippen LogP contribution in [0.1, 0.15) is 6.92 Å². The first-order valence-electron chi connectivity index (χ1n) is 8.31. The second kappa shape index (κ2) is 7.90. The Morgan fingerprint density at radius 2 is 2.11 bits per heavy atom. The van der Waals surface area contributed by atoms with Crippen molar-refractivity contribution < 1.29 is 9.53 Å². The van der Waals surface area contributed by atoms with Crippen molar-refractivity contribution in [1.29, 1.82) is 0 Å². The topological polar surface area (TPSA) is 110 Å². The molecule has 1 amide bonds. The van der Waals surface area contributed by atoms with E-state index in [1.165, 1.54) is 16.2 Å². The third kappa shape index (κ3) is 3.66. The number of fused-ring (bicyclic) bond motifs is 1. The Balaban J connectivity index is 1.57. The first-order valence-corrected chi connectivity index (χ1v) is 9.83. The lowest BCUT2D eigenvalue weighted by Crippen LogP contribution is -2.42. The average molecular weight is 413 g/mol. The number of carbonyl (C=O) groups is 1. The van der Waals surface area contributed by atoms with Crippen molar-refractivity contribution in [2.75, 3.05) is 10.7 Å². The van der Waals surface area contributed by atoms with Crippen molar-refractivity contribution in [1.82, 2.24) is 30.6 Å². The SMILES string of the molecule is CC(CS)N(C(=O)Oc1ccc(-c2nn[nH]n2)cc1)c1ccc2ncsc2n1. The number of ether oxygens (including phenoxy) is 1. The van der Waals surface area contributed by atoms with Gasteiger partial charge in [0.05, 0.1) is 5.51 Å². The fraction of sp³-hybridized carbons (Fsp3) is 0.176. The van der Waals surface area contributed by atoms with Crippen molar-refractivity contribution in [3.63, 3.8) is 0 Å². The minimum atomic E-state index is -0.537. The molecule has 0 aliphatic rings. The van der Waals surface area contributed by atoms with Gasteiger partial charge in [-0.15, -0.1) is 21.5 Å². The number of rotatable bonds is 5. The van der Waals surface area contributed by atoms with Crippen molar-refractivity contribution in [2.45, 2.75) is 13.0 Å². The molecule has 4 rings (SSSR count). The number of hydrogen-bond donors (Lipinski definition) is 2. The van der Waals surface area contributed by atoms with E-state index in [-0.39, 0.29) is 6.04 Å². The molecule has 1 unspecified atom stereocenters. The van der Waals surface area contributed by atoms with Gasteiger partial charge in [-0.2, -0.15) is 17.8 Å². The molecule has 1 atom stereocenters. The van der Waals surface area contributed by atoms with Gasteiger partial charge in [-0.3, -0.25) is 4.90 Å². The van der Waals surface area contributed by atoms with Crippen LogP contribution in [0.3, 0.4) is 0 Å². The molecule has 142 valence electrons. The smallest absolute Gasteiger partial charge is 0.410 e. The maximum atomic E-state index is 12.9. The predicted octanol–water partition coefficient (Wildman–Crippen LogP) is 3.20. The summed E-state index contributed by atoms with van der Waals surface area (Å²) >= 11 is 5.74. The number of benzene rings is 1. The molecule has 1 aromatic carbocycles. The van der Waals surface area contributed by atoms with Gasteiger partial charge >= 0.3 is 6.09 Å². The fourth-order valence-corrected chi connectivity index (χ4v) is 3.38. The molecule has 4 aromatic rings. The number of pyridine rings is 1. The number of tetrazole rings is 1. The number of thiazole rings is 1. The van der Waals surface area contributed by atoms with Gasteiger partial charge in [0.1, 0.15) is 21.9 Å². The van der Waals surface area contributed by atoms with Crippen LogP contribution in [0.2, 0.25) is 0 Å². The third-order valence-corrected chi connectivity index (χ3v) is 5.26. The Morgan fingerprint density at radius 3 is 2.82 bits per heavy atom. The van der Waals surface area contributed by atoms with Gasteiger partial charge in [-0.25, -0.2) is 14.8 Å². The van der Waals surface area contributed by atoms with E-state index < -0.39 is 6.09 Å². The summed E-state index contributed by atoms with van der Waals surface area (Å²) in [4.78, 5) is 23.9. The van der Waals surface area contributed by atoms with E-state index in [0.29, 0.717) is 23.1 Å². The molecule has 0 aliphatic heterocycles. The Bertz CT molecular complexity index is 1080. The number of amides is 1. The summed E-state index contributed by atoms with van der Waals surface area (Å²) in [5, 5.41) is 13.8. The van der Waals surface area contributed by atoms with Crippen LogP contribution in [0.25, 0.3) is 21.7 Å². The highest BCUT2D eigenvalue weighted by atomic mass is 32.1. The van der Waals surface area contributed by atoms with Crippen LogP contribution in [0, 0.1) is 0 Å². The molecule has 0 radical (unpaired) electrons. The lowest BCUT2D eigenvalue weighted by Gasteiger charge is -2.26. The zero-order valence-electron chi connectivity index (χ0n) is 14.7. The summed E-state index contributed by atoms with van der Waals surface area (Å²) < 4.78 is 5.56. The average Bonchev–Trinajstić information content (AvgIpc) is 3.40. The lowest BCUT2D eigenvalue weighted by atomic mass is 10.2. The van der Waals surface area contributed by atoms with Crippen LogP contribution in [-0.2, 0) is 0 Å². The van der Waals surface area contributed by atoms with Gasteiger partial charge in [-0.1, -0.05) is 0 Å². The number of H-pyrrole nitrogens is 1. The minimum absolute atomic E-state index is 0.215. The van der Waals surface area contributed by atoms with Gasteiger partial charge in [0.25, 0.3) is 0 Å². The van der Waals surface area contributed by atoms with Gasteiger partial charge < -0.3 is 4.74 Å². The molecule has 0 saturated heterocycles. The Morgan fingerprint density at radius 1 is 1.29 bits per heavy atom. The van der Waals surface area contributed by atoms with Crippen LogP contribution < -0.4 is 9.64 Å². The molecule has 9 nitrogen and oxygen atoms in total. The zero-order chi connectivity index (χ0) is 19.5. The van der Waals surface area contributed by atoms with Crippen LogP contribution in [0.4, 0.5) is 10.6 Å². The highest BCUT2D eigenvalue weighted by Gasteiger charge is 2.25. The molecule has 1 N–H and O–H groups in total. The van der Waals surface area contributed by atoms with Crippen molar-refractivity contribution in [3.05, 3.63) is 41.9 Å². The molecule has 0 aliphatic carbocycles. The molecule has 3 aromatic heterocycles. The van der Waals surface area contributed by atoms with E-state index >= 15 is 0 Å². The van der Waals surface area contributed by atoms with Crippen molar-refractivity contribution in [3.8, 4) is 17.1 Å². The Kier molecular flexibility index (Phi) is 5.17. The highest BCUT2D eigenvalue weighted by Crippen LogP contribution is 2.24. The van der Waals surface area contributed by atoms with Crippen LogP contribution in [-0.4, -0.2) is 48.5 Å². The summed E-state index contributed by atoms with van der Waals surface area (Å²) in [6.07, 6.45) is -0.537. The van der Waals surface area contributed by atoms with Crippen LogP contribution in [0.15, 0.2) is 41.9 Å². The predicted molar refractivity (Wildman–Crippen MR) is 109 cm³/mol. The standard InChI is InChI=1S/C17H15N7O2S2/c1-10(8-27)24(14-7-6-13-16(19-14)28-9-18-13)17(25)26-12-4-2-11(3-5-12)15-20-22-23-21-15/h2-7,9-10,27H,8H2,1H3,(H,20,21,22,23). The van der Waals surface area contributed by atoms with Crippen LogP contribution >= 0.6 is 24.0 Å². The second-order valence-corrected chi connectivity index (χ2v) is 7.07. The molecular weight excluding hydrogens is 398 g/mol. The summed E-state index contributed by atoms with van der Waals surface area (Å²) in [7, 11) is 0. The first kappa shape index (κ1) is 18.3. The Hall–Kier alpha value is -3.05. The molecule has 28 heavy (non-hydrogen) atoms. The van der Waals surface area contributed by atoms with Gasteiger partial charge in [0, 0.05) is 17.4 Å². The van der Waals surface area contributed by atoms with E-state index in [0.717, 1.165) is 15.9 Å². The minimum Gasteiger partial charge on any atom is -0.410 e. The van der Waals surface area contributed by atoms with Crippen molar-refractivity contribution in [2.24, 2.45) is 0 Å². The normalized spacial score (nSPS) is 12.1. The highest BCUT2D eigenvalue weighted by molar-refractivity contribution is 7.80. The number of aromatic amines is 1. The summed E-state index contributed by atoms with van der Waals surface area (Å²) in [5.74, 6) is 1.80. The largest absolute Gasteiger partial charge is 0.421 e. The maximum Gasteiger partial charge on any atom is 0.421 e. The van der Waals surface area contributed by atoms with Gasteiger partial charge in [0.15, 0.2) is 0 Å².